The molecule has 0 atom stereocenters. The summed E-state index contributed by atoms with van der Waals surface area (Å²) < 4.78 is 4.98. The molecule has 2 aromatic heterocycles. The molecule has 0 aliphatic rings. The summed E-state index contributed by atoms with van der Waals surface area (Å²) in [6, 6.07) is 0. The first kappa shape index (κ1) is 9.43. The van der Waals surface area contributed by atoms with Crippen LogP contribution in [0.4, 0.5) is 0 Å². The van der Waals surface area contributed by atoms with Crippen LogP contribution in [-0.2, 0) is 6.54 Å². The van der Waals surface area contributed by atoms with Crippen molar-refractivity contribution in [1.82, 2.24) is 25.4 Å². The van der Waals surface area contributed by atoms with E-state index < -0.39 is 0 Å². The predicted octanol–water partition coefficient (Wildman–Crippen LogP) is 0.182. The molecule has 0 saturated carbocycles. The first-order valence-electron chi connectivity index (χ1n) is 4.36. The van der Waals surface area contributed by atoms with E-state index in [1.807, 2.05) is 0 Å². The Labute approximate surface area is 86.1 Å². The average Bonchev–Trinajstić information content (AvgIpc) is 2.87. The molecule has 0 aromatic carbocycles. The third-order valence-corrected chi connectivity index (χ3v) is 1.68. The molecule has 0 bridgehead atoms. The number of imidazole rings is 1. The van der Waals surface area contributed by atoms with Crippen LogP contribution in [0, 0.1) is 12.3 Å². The van der Waals surface area contributed by atoms with Gasteiger partial charge in [-0.05, 0) is 0 Å². The molecule has 0 aliphatic heterocycles. The lowest BCUT2D eigenvalue weighted by Crippen LogP contribution is -2.13. The molecule has 0 aliphatic carbocycles. The third-order valence-electron chi connectivity index (χ3n) is 1.68. The van der Waals surface area contributed by atoms with E-state index in [9.17, 15) is 0 Å². The van der Waals surface area contributed by atoms with Crippen molar-refractivity contribution in [3.63, 3.8) is 0 Å². The molecule has 0 saturated heterocycles. The van der Waals surface area contributed by atoms with E-state index in [0.717, 1.165) is 0 Å². The van der Waals surface area contributed by atoms with Crippen molar-refractivity contribution >= 4 is 0 Å². The zero-order valence-corrected chi connectivity index (χ0v) is 7.90. The summed E-state index contributed by atoms with van der Waals surface area (Å²) in [6.45, 7) is 0.927. The molecular formula is C9H9N5O. The lowest BCUT2D eigenvalue weighted by Gasteiger charge is -1.91. The highest BCUT2D eigenvalue weighted by molar-refractivity contribution is 5.40. The number of terminal acetylenes is 1. The second-order valence-corrected chi connectivity index (χ2v) is 2.76. The van der Waals surface area contributed by atoms with Gasteiger partial charge in [0.25, 0.3) is 0 Å². The van der Waals surface area contributed by atoms with Gasteiger partial charge >= 0.3 is 0 Å². The fourth-order valence-corrected chi connectivity index (χ4v) is 1.05. The maximum atomic E-state index is 5.08. The van der Waals surface area contributed by atoms with E-state index in [1.54, 1.807) is 12.4 Å². The Morgan fingerprint density at radius 2 is 2.53 bits per heavy atom. The monoisotopic (exact) mass is 203 g/mol. The highest BCUT2D eigenvalue weighted by atomic mass is 16.5. The molecule has 0 radical (unpaired) electrons. The van der Waals surface area contributed by atoms with E-state index in [0.29, 0.717) is 30.6 Å². The molecule has 0 fully saturated rings. The summed E-state index contributed by atoms with van der Waals surface area (Å²) in [4.78, 5) is 11.0. The van der Waals surface area contributed by atoms with E-state index in [2.05, 4.69) is 31.3 Å². The fourth-order valence-electron chi connectivity index (χ4n) is 1.05. The van der Waals surface area contributed by atoms with Gasteiger partial charge in [0.1, 0.15) is 0 Å². The summed E-state index contributed by atoms with van der Waals surface area (Å²) >= 11 is 0. The minimum Gasteiger partial charge on any atom is -0.342 e. The number of nitrogens with one attached hydrogen (secondary N) is 2. The van der Waals surface area contributed by atoms with Crippen LogP contribution in [0.15, 0.2) is 16.9 Å². The van der Waals surface area contributed by atoms with Gasteiger partial charge in [-0.25, -0.2) is 4.98 Å². The number of hydrogen-bond acceptors (Lipinski definition) is 5. The first-order chi connectivity index (χ1) is 7.40. The van der Waals surface area contributed by atoms with Crippen LogP contribution in [0.2, 0.25) is 0 Å². The molecule has 76 valence electrons. The van der Waals surface area contributed by atoms with Crippen molar-refractivity contribution in [3.8, 4) is 24.0 Å². The molecule has 0 amide bonds. The Hall–Kier alpha value is -2.13. The largest absolute Gasteiger partial charge is 0.342 e. The summed E-state index contributed by atoms with van der Waals surface area (Å²) in [5.74, 6) is 3.96. The van der Waals surface area contributed by atoms with Gasteiger partial charge in [0.15, 0.2) is 5.82 Å². The Morgan fingerprint density at radius 3 is 3.27 bits per heavy atom. The predicted molar refractivity (Wildman–Crippen MR) is 52.4 cm³/mol. The second-order valence-electron chi connectivity index (χ2n) is 2.76. The Morgan fingerprint density at radius 1 is 1.60 bits per heavy atom. The van der Waals surface area contributed by atoms with Crippen LogP contribution in [0.3, 0.4) is 0 Å². The zero-order valence-electron chi connectivity index (χ0n) is 7.90. The number of rotatable bonds is 4. The summed E-state index contributed by atoms with van der Waals surface area (Å²) in [5.41, 5.74) is 0. The Kier molecular flexibility index (Phi) is 2.76. The SMILES string of the molecule is C#CCNCc1nc(-c2ncc[nH]2)no1. The van der Waals surface area contributed by atoms with Crippen LogP contribution >= 0.6 is 0 Å². The molecule has 0 spiro atoms. The molecule has 2 aromatic rings. The molecule has 6 nitrogen and oxygen atoms in total. The summed E-state index contributed by atoms with van der Waals surface area (Å²) in [7, 11) is 0. The summed E-state index contributed by atoms with van der Waals surface area (Å²) in [6.07, 6.45) is 8.40. The quantitative estimate of drug-likeness (QED) is 0.547. The van der Waals surface area contributed by atoms with Crippen LogP contribution in [0.25, 0.3) is 11.6 Å². The third kappa shape index (κ3) is 2.21. The molecule has 2 N–H and O–H groups in total. The lowest BCUT2D eigenvalue weighted by atomic mass is 10.5. The number of aromatic nitrogens is 4. The van der Waals surface area contributed by atoms with Gasteiger partial charge in [-0.2, -0.15) is 4.98 Å². The zero-order chi connectivity index (χ0) is 10.5. The number of H-pyrrole nitrogens is 1. The van der Waals surface area contributed by atoms with Crippen molar-refractivity contribution in [2.24, 2.45) is 0 Å². The fraction of sp³-hybridized carbons (Fsp3) is 0.222. The van der Waals surface area contributed by atoms with Gasteiger partial charge in [-0.15, -0.1) is 6.42 Å². The molecule has 15 heavy (non-hydrogen) atoms. The van der Waals surface area contributed by atoms with E-state index in [4.69, 9.17) is 10.9 Å². The maximum absolute atomic E-state index is 5.08. The van der Waals surface area contributed by atoms with Gasteiger partial charge in [-0.3, -0.25) is 5.32 Å². The Balaban J connectivity index is 2.02. The van der Waals surface area contributed by atoms with Crippen molar-refractivity contribution < 1.29 is 4.52 Å². The van der Waals surface area contributed by atoms with Crippen LogP contribution in [-0.4, -0.2) is 26.7 Å². The molecule has 2 heterocycles. The normalized spacial score (nSPS) is 10.1. The molecule has 2 rings (SSSR count). The standard InChI is InChI=1S/C9H9N5O/c1-2-3-10-6-7-13-9(14-15-7)8-11-4-5-12-8/h1,4-5,10H,3,6H2,(H,11,12). The molecule has 0 unspecified atom stereocenters. The summed E-state index contributed by atoms with van der Waals surface area (Å²) in [5, 5.41) is 6.71. The lowest BCUT2D eigenvalue weighted by molar-refractivity contribution is 0.370. The van der Waals surface area contributed by atoms with Gasteiger partial charge in [0.2, 0.25) is 11.7 Å². The number of hydrogen-bond donors (Lipinski definition) is 2. The van der Waals surface area contributed by atoms with Crippen molar-refractivity contribution in [3.05, 3.63) is 18.3 Å². The van der Waals surface area contributed by atoms with Gasteiger partial charge in [0.05, 0.1) is 13.1 Å². The van der Waals surface area contributed by atoms with Crippen molar-refractivity contribution in [2.75, 3.05) is 6.54 Å². The van der Waals surface area contributed by atoms with Gasteiger partial charge in [0, 0.05) is 12.4 Å². The molecular weight excluding hydrogens is 194 g/mol. The minimum absolute atomic E-state index is 0.442. The second kappa shape index (κ2) is 4.39. The highest BCUT2D eigenvalue weighted by Gasteiger charge is 2.09. The van der Waals surface area contributed by atoms with E-state index in [-0.39, 0.29) is 0 Å². The topological polar surface area (TPSA) is 79.6 Å². The minimum atomic E-state index is 0.442. The Bertz CT molecular complexity index is 453. The smallest absolute Gasteiger partial charge is 0.241 e. The van der Waals surface area contributed by atoms with Gasteiger partial charge in [-0.1, -0.05) is 11.1 Å². The number of aromatic amines is 1. The van der Waals surface area contributed by atoms with E-state index in [1.165, 1.54) is 0 Å². The maximum Gasteiger partial charge on any atom is 0.241 e. The van der Waals surface area contributed by atoms with Crippen molar-refractivity contribution in [2.45, 2.75) is 6.54 Å². The highest BCUT2D eigenvalue weighted by Crippen LogP contribution is 2.08. The first-order valence-corrected chi connectivity index (χ1v) is 4.36. The van der Waals surface area contributed by atoms with Crippen LogP contribution in [0.1, 0.15) is 5.89 Å². The van der Waals surface area contributed by atoms with Crippen LogP contribution in [0.5, 0.6) is 0 Å². The van der Waals surface area contributed by atoms with Crippen LogP contribution < -0.4 is 5.32 Å². The average molecular weight is 203 g/mol. The van der Waals surface area contributed by atoms with E-state index >= 15 is 0 Å². The molecule has 6 heteroatoms. The number of nitrogens with zero attached hydrogens (tertiary/aromatic N) is 3. The van der Waals surface area contributed by atoms with Gasteiger partial charge < -0.3 is 9.51 Å². The van der Waals surface area contributed by atoms with Crippen molar-refractivity contribution in [1.29, 1.82) is 0 Å².